The number of aryl methyl sites for hydroxylation is 2. The molecule has 0 fully saturated rings. The molecule has 2 aliphatic rings. The molecule has 232 valence electrons. The number of halogens is 2. The number of nitrogens with one attached hydrogen (secondary N) is 1. The van der Waals surface area contributed by atoms with Crippen molar-refractivity contribution in [2.24, 2.45) is 0 Å². The van der Waals surface area contributed by atoms with E-state index in [2.05, 4.69) is 15.4 Å². The molecule has 3 aromatic carbocycles. The van der Waals surface area contributed by atoms with Crippen LogP contribution in [0.5, 0.6) is 17.2 Å². The molecule has 1 N–H and O–H groups in total. The Kier molecular flexibility index (Phi) is 10.0. The van der Waals surface area contributed by atoms with E-state index in [1.54, 1.807) is 19.2 Å². The highest BCUT2D eigenvalue weighted by Crippen LogP contribution is 2.41. The Hall–Kier alpha value is -3.72. The van der Waals surface area contributed by atoms with Crippen molar-refractivity contribution in [3.05, 3.63) is 104 Å². The molecule has 1 amide bonds. The first-order valence-corrected chi connectivity index (χ1v) is 15.5. The van der Waals surface area contributed by atoms with E-state index >= 15 is 0 Å². The maximum absolute atomic E-state index is 12.9. The molecule has 2 atom stereocenters. The Morgan fingerprint density at radius 3 is 2.45 bits per heavy atom. The fourth-order valence-corrected chi connectivity index (χ4v) is 5.79. The molecule has 0 aliphatic carbocycles. The van der Waals surface area contributed by atoms with Crippen molar-refractivity contribution in [3.8, 4) is 17.2 Å². The van der Waals surface area contributed by atoms with E-state index in [4.69, 9.17) is 41.9 Å². The van der Waals surface area contributed by atoms with Crippen molar-refractivity contribution < 1.29 is 23.5 Å². The number of ether oxygens (including phenoxy) is 3. The van der Waals surface area contributed by atoms with Gasteiger partial charge < -0.3 is 24.1 Å². The molecule has 3 heterocycles. The number of benzene rings is 3. The molecule has 0 spiro atoms. The van der Waals surface area contributed by atoms with Gasteiger partial charge in [0.05, 0.1) is 21.8 Å². The SMILES string of the molecule is CC.CNC(=O)C1Cc2cc3c(cc2CN1Cc1c(C)noc1C)OC(c1ccc(OCc2ccc(Cl)c(Cl)c2)cc1)CO3. The number of hydrogen-bond donors (Lipinski definition) is 1. The predicted octanol–water partition coefficient (Wildman–Crippen LogP) is 7.39. The number of carbonyl (C=O) groups excluding carboxylic acids is 1. The summed E-state index contributed by atoms with van der Waals surface area (Å²) in [5, 5.41) is 7.93. The topological polar surface area (TPSA) is 86.1 Å². The molecule has 0 saturated heterocycles. The average Bonchev–Trinajstić information content (AvgIpc) is 3.36. The third kappa shape index (κ3) is 6.83. The fourth-order valence-electron chi connectivity index (χ4n) is 5.47. The van der Waals surface area contributed by atoms with Gasteiger partial charge in [-0.05, 0) is 78.9 Å². The Balaban J connectivity index is 0.00000188. The van der Waals surface area contributed by atoms with Gasteiger partial charge in [-0.2, -0.15) is 0 Å². The molecule has 44 heavy (non-hydrogen) atoms. The van der Waals surface area contributed by atoms with E-state index in [1.165, 1.54) is 0 Å². The van der Waals surface area contributed by atoms with Crippen molar-refractivity contribution in [3.63, 3.8) is 0 Å². The number of carbonyl (C=O) groups is 1. The lowest BCUT2D eigenvalue weighted by molar-refractivity contribution is -0.126. The van der Waals surface area contributed by atoms with Crippen molar-refractivity contribution in [2.75, 3.05) is 13.7 Å². The molecule has 0 bridgehead atoms. The molecule has 8 nitrogen and oxygen atoms in total. The van der Waals surface area contributed by atoms with Crippen LogP contribution in [-0.4, -0.2) is 35.7 Å². The van der Waals surface area contributed by atoms with Crippen molar-refractivity contribution in [2.45, 2.75) is 66.0 Å². The molecule has 0 saturated carbocycles. The summed E-state index contributed by atoms with van der Waals surface area (Å²) in [4.78, 5) is 15.0. The average molecular weight is 639 g/mol. The van der Waals surface area contributed by atoms with Gasteiger partial charge in [-0.3, -0.25) is 9.69 Å². The Bertz CT molecular complexity index is 1600. The maximum atomic E-state index is 12.9. The van der Waals surface area contributed by atoms with E-state index in [9.17, 15) is 4.79 Å². The summed E-state index contributed by atoms with van der Waals surface area (Å²) in [5.74, 6) is 2.87. The second-order valence-corrected chi connectivity index (χ2v) is 11.4. The third-order valence-electron chi connectivity index (χ3n) is 7.89. The molecule has 2 aliphatic heterocycles. The summed E-state index contributed by atoms with van der Waals surface area (Å²) in [6.45, 7) is 9.74. The van der Waals surface area contributed by atoms with Gasteiger partial charge >= 0.3 is 0 Å². The monoisotopic (exact) mass is 637 g/mol. The van der Waals surface area contributed by atoms with Crippen LogP contribution in [0.4, 0.5) is 0 Å². The molecule has 2 unspecified atom stereocenters. The summed E-state index contributed by atoms with van der Waals surface area (Å²) in [7, 11) is 1.67. The van der Waals surface area contributed by atoms with Gasteiger partial charge in [0.1, 0.15) is 24.7 Å². The van der Waals surface area contributed by atoms with E-state index < -0.39 is 0 Å². The summed E-state index contributed by atoms with van der Waals surface area (Å²) in [5.41, 5.74) is 5.96. The van der Waals surface area contributed by atoms with Crippen LogP contribution in [0.3, 0.4) is 0 Å². The Labute approximate surface area is 268 Å². The molecule has 10 heteroatoms. The Morgan fingerprint density at radius 2 is 1.77 bits per heavy atom. The first-order valence-electron chi connectivity index (χ1n) is 14.8. The van der Waals surface area contributed by atoms with Gasteiger partial charge in [-0.1, -0.05) is 60.4 Å². The molecular formula is C34H37Cl2N3O5. The van der Waals surface area contributed by atoms with E-state index in [1.807, 2.05) is 70.2 Å². The fraction of sp³-hybridized carbons (Fsp3) is 0.353. The molecule has 4 aromatic rings. The number of aromatic nitrogens is 1. The van der Waals surface area contributed by atoms with Crippen LogP contribution in [0.1, 0.15) is 59.2 Å². The van der Waals surface area contributed by atoms with Crippen LogP contribution in [0.2, 0.25) is 10.0 Å². The number of nitrogens with zero attached hydrogens (tertiary/aromatic N) is 2. The van der Waals surface area contributed by atoms with Crippen LogP contribution in [0, 0.1) is 13.8 Å². The number of rotatable bonds is 7. The number of amides is 1. The van der Waals surface area contributed by atoms with Crippen molar-refractivity contribution >= 4 is 29.1 Å². The smallest absolute Gasteiger partial charge is 0.237 e. The van der Waals surface area contributed by atoms with E-state index in [0.717, 1.165) is 45.0 Å². The maximum Gasteiger partial charge on any atom is 0.237 e. The zero-order valence-corrected chi connectivity index (χ0v) is 27.1. The lowest BCUT2D eigenvalue weighted by Crippen LogP contribution is -2.49. The Morgan fingerprint density at radius 1 is 1.02 bits per heavy atom. The number of fused-ring (bicyclic) bond motifs is 2. The standard InChI is InChI=1S/C32H31Cl2N3O5.C2H6/c1-18-25(19(2)42-36-18)15-37-14-23-13-30-29(12-22(23)11-28(37)32(38)35-3)40-17-31(41-30)21-5-7-24(8-6-21)39-16-20-4-9-26(33)27(34)10-20;1-2/h4-10,12-13,28,31H,11,14-17H2,1-3H3,(H,35,38);1-2H3. The van der Waals surface area contributed by atoms with Crippen LogP contribution >= 0.6 is 23.2 Å². The highest BCUT2D eigenvalue weighted by molar-refractivity contribution is 6.42. The van der Waals surface area contributed by atoms with Crippen molar-refractivity contribution in [1.82, 2.24) is 15.4 Å². The van der Waals surface area contributed by atoms with E-state index in [0.29, 0.717) is 54.3 Å². The van der Waals surface area contributed by atoms with Crippen LogP contribution in [0.15, 0.2) is 59.1 Å². The van der Waals surface area contributed by atoms with Crippen LogP contribution in [-0.2, 0) is 30.9 Å². The molecule has 1 aromatic heterocycles. The van der Waals surface area contributed by atoms with Gasteiger partial charge in [0.25, 0.3) is 0 Å². The van der Waals surface area contributed by atoms with Crippen LogP contribution < -0.4 is 19.5 Å². The molecule has 0 radical (unpaired) electrons. The first-order chi connectivity index (χ1) is 21.3. The zero-order chi connectivity index (χ0) is 31.4. The zero-order valence-electron chi connectivity index (χ0n) is 25.6. The van der Waals surface area contributed by atoms with Gasteiger partial charge in [0, 0.05) is 25.7 Å². The number of hydrogen-bond acceptors (Lipinski definition) is 7. The largest absolute Gasteiger partial charge is 0.489 e. The lowest BCUT2D eigenvalue weighted by atomic mass is 9.92. The lowest BCUT2D eigenvalue weighted by Gasteiger charge is -2.37. The van der Waals surface area contributed by atoms with Gasteiger partial charge in [-0.25, -0.2) is 0 Å². The molecule has 6 rings (SSSR count). The minimum absolute atomic E-state index is 0.0215. The highest BCUT2D eigenvalue weighted by Gasteiger charge is 2.34. The second kappa shape index (κ2) is 13.9. The normalized spacial score (nSPS) is 17.2. The van der Waals surface area contributed by atoms with Crippen molar-refractivity contribution in [1.29, 1.82) is 0 Å². The van der Waals surface area contributed by atoms with Crippen LogP contribution in [0.25, 0.3) is 0 Å². The summed E-state index contributed by atoms with van der Waals surface area (Å²) < 4.78 is 23.9. The molecular weight excluding hydrogens is 601 g/mol. The van der Waals surface area contributed by atoms with Gasteiger partial charge in [-0.15, -0.1) is 0 Å². The predicted molar refractivity (Wildman–Crippen MR) is 171 cm³/mol. The van der Waals surface area contributed by atoms with Gasteiger partial charge in [0.15, 0.2) is 17.6 Å². The number of likely N-dealkylation sites (N-methyl/N-ethyl adjacent to an activating group) is 1. The second-order valence-electron chi connectivity index (χ2n) is 10.6. The summed E-state index contributed by atoms with van der Waals surface area (Å²) in [6, 6.07) is 17.0. The minimum Gasteiger partial charge on any atom is -0.489 e. The third-order valence-corrected chi connectivity index (χ3v) is 8.62. The minimum atomic E-state index is -0.316. The first kappa shape index (κ1) is 31.7. The highest BCUT2D eigenvalue weighted by atomic mass is 35.5. The summed E-state index contributed by atoms with van der Waals surface area (Å²) >= 11 is 12.1. The quantitative estimate of drug-likeness (QED) is 0.226. The summed E-state index contributed by atoms with van der Waals surface area (Å²) in [6.07, 6.45) is 0.308. The van der Waals surface area contributed by atoms with Gasteiger partial charge in [0.2, 0.25) is 5.91 Å². The van der Waals surface area contributed by atoms with E-state index in [-0.39, 0.29) is 18.1 Å².